The van der Waals surface area contributed by atoms with Crippen molar-refractivity contribution >= 4 is 5.91 Å². The second-order valence-corrected chi connectivity index (χ2v) is 5.80. The molecule has 1 N–H and O–H groups in total. The van der Waals surface area contributed by atoms with Gasteiger partial charge in [0.25, 0.3) is 5.91 Å². The molecule has 0 radical (unpaired) electrons. The lowest BCUT2D eigenvalue weighted by atomic mass is 10.1. The Labute approximate surface area is 155 Å². The molecule has 1 aromatic heterocycles. The zero-order valence-corrected chi connectivity index (χ0v) is 15.3. The quantitative estimate of drug-likeness (QED) is 0.665. The first-order valence-corrected chi connectivity index (χ1v) is 8.21. The molecule has 0 unspecified atom stereocenters. The van der Waals surface area contributed by atoms with Crippen LogP contribution in [0.15, 0.2) is 57.8 Å². The van der Waals surface area contributed by atoms with Crippen LogP contribution in [-0.2, 0) is 6.54 Å². The van der Waals surface area contributed by atoms with Crippen molar-refractivity contribution in [2.75, 3.05) is 21.3 Å². The second-order valence-electron chi connectivity index (χ2n) is 5.80. The van der Waals surface area contributed by atoms with Gasteiger partial charge in [0, 0.05) is 19.2 Å². The van der Waals surface area contributed by atoms with E-state index in [-0.39, 0.29) is 23.7 Å². The third-order valence-electron chi connectivity index (χ3n) is 4.12. The maximum Gasteiger partial charge on any atom is 0.432 e. The third kappa shape index (κ3) is 3.55. The normalized spacial score (nSPS) is 10.5. The van der Waals surface area contributed by atoms with E-state index in [1.807, 2.05) is 30.3 Å². The number of hydrogen-bond donors (Lipinski definition) is 1. The molecule has 27 heavy (non-hydrogen) atoms. The van der Waals surface area contributed by atoms with Gasteiger partial charge in [0.1, 0.15) is 23.6 Å². The van der Waals surface area contributed by atoms with Crippen LogP contribution in [0.2, 0.25) is 0 Å². The van der Waals surface area contributed by atoms with Crippen molar-refractivity contribution in [2.24, 2.45) is 0 Å². The molecule has 3 aromatic rings. The molecular formula is C19H20N3O5+. The highest BCUT2D eigenvalue weighted by atomic mass is 16.5. The lowest BCUT2D eigenvalue weighted by Gasteiger charge is -2.18. The van der Waals surface area contributed by atoms with E-state index in [4.69, 9.17) is 14.0 Å². The summed E-state index contributed by atoms with van der Waals surface area (Å²) in [6.45, 7) is 0.0285. The fourth-order valence-corrected chi connectivity index (χ4v) is 2.76. The average molecular weight is 370 g/mol. The van der Waals surface area contributed by atoms with Gasteiger partial charge in [0.2, 0.25) is 5.69 Å². The highest BCUT2D eigenvalue weighted by molar-refractivity contribution is 5.99. The standard InChI is InChI=1S/C19H19N3O5/c1-21(18(23)17-15(25-2)10-7-11-16(17)26-3)12-14-19(24)27-20-22(14)13-8-5-4-6-9-13/h4-11H,12H2,1-3H3/p+1. The number of ether oxygens (including phenoxy) is 2. The summed E-state index contributed by atoms with van der Waals surface area (Å²) in [5, 5.41) is 2.56. The first-order chi connectivity index (χ1) is 13.1. The van der Waals surface area contributed by atoms with E-state index >= 15 is 0 Å². The number of amides is 1. The van der Waals surface area contributed by atoms with Gasteiger partial charge in [-0.1, -0.05) is 24.3 Å². The fourth-order valence-electron chi connectivity index (χ4n) is 2.76. The number of H-pyrrole nitrogens is 1. The second kappa shape index (κ2) is 7.77. The number of hydrogen-bond acceptors (Lipinski definition) is 5. The van der Waals surface area contributed by atoms with Crippen molar-refractivity contribution in [1.82, 2.24) is 10.2 Å². The van der Waals surface area contributed by atoms with Gasteiger partial charge in [-0.05, 0) is 22.1 Å². The first-order valence-electron chi connectivity index (χ1n) is 8.21. The topological polar surface area (TPSA) is 88.7 Å². The van der Waals surface area contributed by atoms with Crippen molar-refractivity contribution < 1.29 is 23.5 Å². The summed E-state index contributed by atoms with van der Waals surface area (Å²) >= 11 is 0. The van der Waals surface area contributed by atoms with Crippen LogP contribution >= 0.6 is 0 Å². The number of rotatable bonds is 6. The maximum atomic E-state index is 13.0. The Bertz CT molecular complexity index is 972. The molecule has 0 aliphatic rings. The minimum absolute atomic E-state index is 0.0285. The van der Waals surface area contributed by atoms with Crippen molar-refractivity contribution in [2.45, 2.75) is 6.54 Å². The van der Waals surface area contributed by atoms with Crippen molar-refractivity contribution in [3.8, 4) is 17.2 Å². The van der Waals surface area contributed by atoms with Gasteiger partial charge < -0.3 is 14.4 Å². The predicted molar refractivity (Wildman–Crippen MR) is 96.2 cm³/mol. The summed E-state index contributed by atoms with van der Waals surface area (Å²) in [4.78, 5) is 26.6. The largest absolute Gasteiger partial charge is 0.496 e. The van der Waals surface area contributed by atoms with Crippen LogP contribution in [0.25, 0.3) is 5.69 Å². The molecule has 8 heteroatoms. The van der Waals surface area contributed by atoms with E-state index in [0.29, 0.717) is 17.2 Å². The molecule has 0 saturated carbocycles. The van der Waals surface area contributed by atoms with Gasteiger partial charge in [0.15, 0.2) is 0 Å². The molecule has 3 rings (SSSR count). The van der Waals surface area contributed by atoms with Crippen LogP contribution in [0.1, 0.15) is 16.1 Å². The number of methoxy groups -OCH3 is 2. The van der Waals surface area contributed by atoms with Crippen LogP contribution in [0, 0.1) is 0 Å². The lowest BCUT2D eigenvalue weighted by molar-refractivity contribution is -0.678. The molecule has 0 spiro atoms. The number of carbonyl (C=O) groups is 1. The predicted octanol–water partition coefficient (Wildman–Crippen LogP) is 1.53. The van der Waals surface area contributed by atoms with Crippen LogP contribution in [0.5, 0.6) is 11.5 Å². The molecule has 140 valence electrons. The molecule has 0 aliphatic carbocycles. The smallest absolute Gasteiger partial charge is 0.432 e. The molecule has 1 heterocycles. The van der Waals surface area contributed by atoms with Crippen LogP contribution in [-0.4, -0.2) is 37.3 Å². The third-order valence-corrected chi connectivity index (χ3v) is 4.12. The number of nitrogens with zero attached hydrogens (tertiary/aromatic N) is 2. The van der Waals surface area contributed by atoms with Crippen molar-refractivity contribution in [3.05, 3.63) is 70.2 Å². The van der Waals surface area contributed by atoms with E-state index in [1.54, 1.807) is 25.2 Å². The van der Waals surface area contributed by atoms with E-state index in [9.17, 15) is 9.59 Å². The average Bonchev–Trinajstić information content (AvgIpc) is 3.07. The van der Waals surface area contributed by atoms with Gasteiger partial charge in [0.05, 0.1) is 14.2 Å². The highest BCUT2D eigenvalue weighted by Crippen LogP contribution is 2.29. The summed E-state index contributed by atoms with van der Waals surface area (Å²) in [5.74, 6) is 0.441. The zero-order chi connectivity index (χ0) is 19.4. The molecule has 0 aliphatic heterocycles. The Kier molecular flexibility index (Phi) is 5.25. The number of carbonyl (C=O) groups excluding carboxylic acids is 1. The number of benzene rings is 2. The van der Waals surface area contributed by atoms with Crippen LogP contribution < -0.4 is 19.8 Å². The first kappa shape index (κ1) is 18.2. The molecule has 2 aromatic carbocycles. The number of aromatic nitrogens is 2. The summed E-state index contributed by atoms with van der Waals surface area (Å²) < 4.78 is 17.0. The Morgan fingerprint density at radius 2 is 1.70 bits per heavy atom. The van der Waals surface area contributed by atoms with Crippen LogP contribution in [0.3, 0.4) is 0 Å². The van der Waals surface area contributed by atoms with E-state index in [0.717, 1.165) is 0 Å². The van der Waals surface area contributed by atoms with Gasteiger partial charge in [-0.25, -0.2) is 4.79 Å². The van der Waals surface area contributed by atoms with Gasteiger partial charge >= 0.3 is 11.3 Å². The van der Waals surface area contributed by atoms with Crippen LogP contribution in [0.4, 0.5) is 0 Å². The molecule has 1 amide bonds. The van der Waals surface area contributed by atoms with Gasteiger partial charge in [-0.15, -0.1) is 0 Å². The van der Waals surface area contributed by atoms with E-state index in [1.165, 1.54) is 23.8 Å². The minimum atomic E-state index is -0.550. The maximum absolute atomic E-state index is 13.0. The monoisotopic (exact) mass is 370 g/mol. The van der Waals surface area contributed by atoms with Crippen molar-refractivity contribution in [3.63, 3.8) is 0 Å². The Hall–Kier alpha value is -3.55. The molecule has 8 nitrogen and oxygen atoms in total. The molecule has 0 bridgehead atoms. The van der Waals surface area contributed by atoms with E-state index in [2.05, 4.69) is 5.27 Å². The summed E-state index contributed by atoms with van der Waals surface area (Å²) in [7, 11) is 4.56. The number of para-hydroxylation sites is 1. The summed E-state index contributed by atoms with van der Waals surface area (Å²) in [6.07, 6.45) is 0. The minimum Gasteiger partial charge on any atom is -0.496 e. The Balaban J connectivity index is 1.94. The molecule has 0 saturated heterocycles. The summed E-state index contributed by atoms with van der Waals surface area (Å²) in [6, 6.07) is 14.3. The Morgan fingerprint density at radius 3 is 2.30 bits per heavy atom. The highest BCUT2D eigenvalue weighted by Gasteiger charge is 2.29. The number of aromatic amines is 1. The fraction of sp³-hybridized carbons (Fsp3) is 0.211. The number of nitrogens with one attached hydrogen (secondary N) is 1. The molecule has 0 fully saturated rings. The lowest BCUT2D eigenvalue weighted by Crippen LogP contribution is -2.42. The van der Waals surface area contributed by atoms with Crippen molar-refractivity contribution in [1.29, 1.82) is 0 Å². The Morgan fingerprint density at radius 1 is 1.07 bits per heavy atom. The molecule has 0 atom stereocenters. The van der Waals surface area contributed by atoms with E-state index < -0.39 is 5.63 Å². The summed E-state index contributed by atoms with van der Waals surface area (Å²) in [5.41, 5.74) is 0.738. The van der Waals surface area contributed by atoms with Gasteiger partial charge in [-0.2, -0.15) is 0 Å². The zero-order valence-electron chi connectivity index (χ0n) is 15.3. The molecular weight excluding hydrogens is 350 g/mol. The SMILES string of the molecule is COc1cccc(OC)c1C(=O)N(C)Cc1c(=O)o[nH][n+]1-c1ccccc1. The van der Waals surface area contributed by atoms with Gasteiger partial charge in [-0.3, -0.25) is 9.32 Å².